The van der Waals surface area contributed by atoms with Crippen molar-refractivity contribution in [3.05, 3.63) is 57.8 Å². The molecule has 7 heteroatoms. The molecule has 2 aromatic rings. The number of rotatable bonds is 12. The van der Waals surface area contributed by atoms with Crippen molar-refractivity contribution in [3.8, 4) is 5.75 Å². The number of hydrogen-bond donors (Lipinski definition) is 0. The van der Waals surface area contributed by atoms with Crippen LogP contribution in [0.3, 0.4) is 0 Å². The minimum absolute atomic E-state index is 0.0502. The largest absolute Gasteiger partial charge is 0.492 e. The molecule has 1 heterocycles. The number of aromatic nitrogens is 2. The predicted octanol–water partition coefficient (Wildman–Crippen LogP) is 3.09. The van der Waals surface area contributed by atoms with Crippen LogP contribution in [0.15, 0.2) is 35.1 Å². The Hall–Kier alpha value is -2.67. The summed E-state index contributed by atoms with van der Waals surface area (Å²) in [7, 11) is 0. The first-order valence-electron chi connectivity index (χ1n) is 10.6. The van der Waals surface area contributed by atoms with E-state index in [0.717, 1.165) is 29.9 Å². The minimum Gasteiger partial charge on any atom is -0.492 e. The predicted molar refractivity (Wildman–Crippen MR) is 115 cm³/mol. The van der Waals surface area contributed by atoms with Crippen molar-refractivity contribution >= 4 is 5.97 Å². The lowest BCUT2D eigenvalue weighted by molar-refractivity contribution is -0.156. The number of esters is 1. The summed E-state index contributed by atoms with van der Waals surface area (Å²) in [5.41, 5.74) is 1.65. The standard InChI is InChI=1S/C23H32N2O5/c1-5-8-21-24-17(4)15-22(26)25(21)13-14-30-19-11-9-18(10-12-19)16-20(28-6-2)23(27)29-7-3/h9-12,15,20H,5-8,13-14,16H2,1-4H3. The van der Waals surface area contributed by atoms with E-state index in [1.807, 2.05) is 38.1 Å². The summed E-state index contributed by atoms with van der Waals surface area (Å²) in [5.74, 6) is 1.15. The van der Waals surface area contributed by atoms with E-state index in [1.165, 1.54) is 0 Å². The summed E-state index contributed by atoms with van der Waals surface area (Å²) in [5, 5.41) is 0. The van der Waals surface area contributed by atoms with E-state index in [9.17, 15) is 9.59 Å². The third-order valence-electron chi connectivity index (χ3n) is 4.53. The lowest BCUT2D eigenvalue weighted by atomic mass is 10.1. The highest BCUT2D eigenvalue weighted by molar-refractivity contribution is 5.75. The van der Waals surface area contributed by atoms with Crippen molar-refractivity contribution < 1.29 is 19.0 Å². The molecule has 1 unspecified atom stereocenters. The zero-order valence-corrected chi connectivity index (χ0v) is 18.3. The number of hydrogen-bond acceptors (Lipinski definition) is 6. The van der Waals surface area contributed by atoms with Crippen LogP contribution in [0.1, 0.15) is 44.3 Å². The molecule has 7 nitrogen and oxygen atoms in total. The average Bonchev–Trinajstić information content (AvgIpc) is 2.71. The van der Waals surface area contributed by atoms with Gasteiger partial charge < -0.3 is 14.2 Å². The lowest BCUT2D eigenvalue weighted by Crippen LogP contribution is -2.29. The van der Waals surface area contributed by atoms with Gasteiger partial charge in [-0.15, -0.1) is 0 Å². The summed E-state index contributed by atoms with van der Waals surface area (Å²) >= 11 is 0. The lowest BCUT2D eigenvalue weighted by Gasteiger charge is -2.16. The number of carbonyl (C=O) groups is 1. The molecule has 0 saturated heterocycles. The summed E-state index contributed by atoms with van der Waals surface area (Å²) in [4.78, 5) is 28.8. The van der Waals surface area contributed by atoms with Crippen LogP contribution in [-0.4, -0.2) is 41.4 Å². The molecule has 0 aliphatic carbocycles. The van der Waals surface area contributed by atoms with E-state index >= 15 is 0 Å². The fourth-order valence-electron chi connectivity index (χ4n) is 3.17. The van der Waals surface area contributed by atoms with Gasteiger partial charge in [0.05, 0.1) is 13.2 Å². The van der Waals surface area contributed by atoms with Crippen LogP contribution in [0.5, 0.6) is 5.75 Å². The van der Waals surface area contributed by atoms with Gasteiger partial charge in [-0.05, 0) is 44.9 Å². The molecule has 30 heavy (non-hydrogen) atoms. The van der Waals surface area contributed by atoms with Crippen molar-refractivity contribution in [1.82, 2.24) is 9.55 Å². The smallest absolute Gasteiger partial charge is 0.335 e. The molecule has 0 aliphatic heterocycles. The van der Waals surface area contributed by atoms with Gasteiger partial charge in [-0.1, -0.05) is 19.1 Å². The number of ether oxygens (including phenoxy) is 3. The minimum atomic E-state index is -0.611. The van der Waals surface area contributed by atoms with Crippen molar-refractivity contribution in [2.45, 2.75) is 59.6 Å². The maximum Gasteiger partial charge on any atom is 0.335 e. The van der Waals surface area contributed by atoms with E-state index in [0.29, 0.717) is 38.5 Å². The van der Waals surface area contributed by atoms with E-state index in [1.54, 1.807) is 17.6 Å². The molecule has 0 radical (unpaired) electrons. The second-order valence-electron chi connectivity index (χ2n) is 6.95. The quantitative estimate of drug-likeness (QED) is 0.495. The number of benzene rings is 1. The molecule has 164 valence electrons. The van der Waals surface area contributed by atoms with Gasteiger partial charge in [0.2, 0.25) is 0 Å². The fourth-order valence-corrected chi connectivity index (χ4v) is 3.17. The molecular formula is C23H32N2O5. The van der Waals surface area contributed by atoms with E-state index < -0.39 is 6.10 Å². The summed E-state index contributed by atoms with van der Waals surface area (Å²) in [6, 6.07) is 9.07. The Kier molecular flexibility index (Phi) is 9.54. The highest BCUT2D eigenvalue weighted by Crippen LogP contribution is 2.15. The Morgan fingerprint density at radius 3 is 2.50 bits per heavy atom. The maximum atomic E-state index is 12.3. The molecule has 1 atom stereocenters. The molecule has 0 aliphatic rings. The molecule has 2 rings (SSSR count). The zero-order chi connectivity index (χ0) is 21.9. The second-order valence-corrected chi connectivity index (χ2v) is 6.95. The zero-order valence-electron chi connectivity index (χ0n) is 18.3. The number of aryl methyl sites for hydroxylation is 2. The van der Waals surface area contributed by atoms with Gasteiger partial charge in [0.25, 0.3) is 5.56 Å². The molecule has 0 saturated carbocycles. The Bertz CT molecular complexity index is 861. The molecule has 0 bridgehead atoms. The SMILES string of the molecule is CCCc1nc(C)cc(=O)n1CCOc1ccc(CC(OCC)C(=O)OCC)cc1. The van der Waals surface area contributed by atoms with Gasteiger partial charge in [0.15, 0.2) is 6.10 Å². The molecule has 0 fully saturated rings. The highest BCUT2D eigenvalue weighted by Gasteiger charge is 2.20. The first kappa shape index (κ1) is 23.6. The van der Waals surface area contributed by atoms with E-state index in [2.05, 4.69) is 11.9 Å². The van der Waals surface area contributed by atoms with Gasteiger partial charge in [0, 0.05) is 31.2 Å². The van der Waals surface area contributed by atoms with E-state index in [-0.39, 0.29) is 11.5 Å². The van der Waals surface area contributed by atoms with Crippen LogP contribution >= 0.6 is 0 Å². The van der Waals surface area contributed by atoms with Crippen LogP contribution in [0.2, 0.25) is 0 Å². The van der Waals surface area contributed by atoms with Gasteiger partial charge in [-0.3, -0.25) is 9.36 Å². The topological polar surface area (TPSA) is 79.7 Å². The van der Waals surface area contributed by atoms with Crippen LogP contribution in [0.25, 0.3) is 0 Å². The summed E-state index contributed by atoms with van der Waals surface area (Å²) < 4.78 is 18.1. The third kappa shape index (κ3) is 6.99. The van der Waals surface area contributed by atoms with Crippen molar-refractivity contribution in [3.63, 3.8) is 0 Å². The summed E-state index contributed by atoms with van der Waals surface area (Å²) in [6.07, 6.45) is 1.51. The third-order valence-corrected chi connectivity index (χ3v) is 4.53. The van der Waals surface area contributed by atoms with Crippen molar-refractivity contribution in [1.29, 1.82) is 0 Å². The van der Waals surface area contributed by atoms with Crippen LogP contribution < -0.4 is 10.3 Å². The van der Waals surface area contributed by atoms with Crippen molar-refractivity contribution in [2.24, 2.45) is 0 Å². The Balaban J connectivity index is 1.95. The second kappa shape index (κ2) is 12.1. The van der Waals surface area contributed by atoms with Crippen molar-refractivity contribution in [2.75, 3.05) is 19.8 Å². The van der Waals surface area contributed by atoms with Gasteiger partial charge in [0.1, 0.15) is 18.2 Å². The molecule has 0 spiro atoms. The first-order valence-corrected chi connectivity index (χ1v) is 10.6. The Morgan fingerprint density at radius 1 is 1.13 bits per heavy atom. The van der Waals surface area contributed by atoms with Gasteiger partial charge in [-0.2, -0.15) is 0 Å². The van der Waals surface area contributed by atoms with Gasteiger partial charge >= 0.3 is 5.97 Å². The molecular weight excluding hydrogens is 384 g/mol. The fraction of sp³-hybridized carbons (Fsp3) is 0.522. The first-order chi connectivity index (χ1) is 14.5. The normalized spacial score (nSPS) is 11.9. The monoisotopic (exact) mass is 416 g/mol. The Labute approximate surface area is 178 Å². The Morgan fingerprint density at radius 2 is 1.87 bits per heavy atom. The molecule has 1 aromatic carbocycles. The average molecular weight is 417 g/mol. The van der Waals surface area contributed by atoms with Gasteiger partial charge in [-0.25, -0.2) is 9.78 Å². The summed E-state index contributed by atoms with van der Waals surface area (Å²) in [6.45, 7) is 9.11. The van der Waals surface area contributed by atoms with Crippen LogP contribution in [-0.2, 0) is 33.7 Å². The van der Waals surface area contributed by atoms with Crippen LogP contribution in [0, 0.1) is 6.92 Å². The molecule has 0 N–H and O–H groups in total. The maximum absolute atomic E-state index is 12.3. The van der Waals surface area contributed by atoms with E-state index in [4.69, 9.17) is 14.2 Å². The number of nitrogens with zero attached hydrogens (tertiary/aromatic N) is 2. The highest BCUT2D eigenvalue weighted by atomic mass is 16.6. The molecule has 0 amide bonds. The number of carbonyl (C=O) groups excluding carboxylic acids is 1. The molecule has 1 aromatic heterocycles. The van der Waals surface area contributed by atoms with Crippen LogP contribution in [0.4, 0.5) is 0 Å².